The van der Waals surface area contributed by atoms with Crippen LogP contribution in [-0.4, -0.2) is 41.7 Å². The second-order valence-electron chi connectivity index (χ2n) is 6.72. The summed E-state index contributed by atoms with van der Waals surface area (Å²) in [6.07, 6.45) is 0.724. The minimum Gasteiger partial charge on any atom is -0.444 e. The fourth-order valence-corrected chi connectivity index (χ4v) is 2.52. The van der Waals surface area contributed by atoms with Crippen LogP contribution in [0, 0.1) is 0 Å². The van der Waals surface area contributed by atoms with Gasteiger partial charge in [-0.15, -0.1) is 0 Å². The maximum atomic E-state index is 12.4. The van der Waals surface area contributed by atoms with Crippen LogP contribution in [-0.2, 0) is 9.53 Å². The van der Waals surface area contributed by atoms with Crippen LogP contribution in [0.5, 0.6) is 5.75 Å². The summed E-state index contributed by atoms with van der Waals surface area (Å²) in [5.41, 5.74) is -0.205. The minimum absolute atomic E-state index is 0.00393. The van der Waals surface area contributed by atoms with Crippen molar-refractivity contribution in [3.63, 3.8) is 0 Å². The van der Waals surface area contributed by atoms with Crippen molar-refractivity contribution >= 4 is 17.7 Å². The molecule has 0 bridgehead atoms. The summed E-state index contributed by atoms with van der Waals surface area (Å²) >= 11 is 0. The number of anilines is 1. The first kappa shape index (κ1) is 19.0. The third-order valence-corrected chi connectivity index (χ3v) is 3.53. The van der Waals surface area contributed by atoms with E-state index in [1.165, 1.54) is 29.2 Å². The normalized spacial score (nSPS) is 17.5. The molecule has 0 aliphatic carbocycles. The Morgan fingerprint density at radius 3 is 2.44 bits per heavy atom. The monoisotopic (exact) mass is 356 g/mol. The highest BCUT2D eigenvalue weighted by atomic mass is 19.3. The lowest BCUT2D eigenvalue weighted by molar-refractivity contribution is -0.120. The molecule has 1 N–H and O–H groups in total. The van der Waals surface area contributed by atoms with Crippen LogP contribution >= 0.6 is 0 Å². The lowest BCUT2D eigenvalue weighted by Crippen LogP contribution is -2.45. The Morgan fingerprint density at radius 1 is 1.24 bits per heavy atom. The Hall–Kier alpha value is -2.38. The first-order chi connectivity index (χ1) is 11.7. The second-order valence-corrected chi connectivity index (χ2v) is 6.72. The Balaban J connectivity index is 1.98. The van der Waals surface area contributed by atoms with Crippen LogP contribution in [0.15, 0.2) is 24.3 Å². The summed E-state index contributed by atoms with van der Waals surface area (Å²) in [6.45, 7) is 2.84. The average Bonchev–Trinajstić information content (AvgIpc) is 2.96. The third kappa shape index (κ3) is 5.58. The van der Waals surface area contributed by atoms with Gasteiger partial charge in [0.15, 0.2) is 0 Å². The van der Waals surface area contributed by atoms with Gasteiger partial charge >= 0.3 is 12.7 Å². The van der Waals surface area contributed by atoms with E-state index in [2.05, 4.69) is 10.1 Å². The van der Waals surface area contributed by atoms with E-state index in [-0.39, 0.29) is 11.7 Å². The van der Waals surface area contributed by atoms with Crippen LogP contribution in [0.1, 0.15) is 33.6 Å². The van der Waals surface area contributed by atoms with Gasteiger partial charge in [-0.3, -0.25) is 9.69 Å². The van der Waals surface area contributed by atoms with Crippen molar-refractivity contribution in [2.24, 2.45) is 0 Å². The average molecular weight is 356 g/mol. The SMILES string of the molecule is CC(C)(C)OC(=O)N1CCCC1C(=O)Nc1ccc(OC(F)F)cc1. The Kier molecular flexibility index (Phi) is 5.81. The molecule has 0 saturated carbocycles. The molecule has 1 aliphatic rings. The molecule has 1 fully saturated rings. The molecule has 1 saturated heterocycles. The first-order valence-corrected chi connectivity index (χ1v) is 8.01. The number of hydrogen-bond donors (Lipinski definition) is 1. The highest BCUT2D eigenvalue weighted by Gasteiger charge is 2.36. The number of halogens is 2. The van der Waals surface area contributed by atoms with E-state index >= 15 is 0 Å². The fourth-order valence-electron chi connectivity index (χ4n) is 2.52. The largest absolute Gasteiger partial charge is 0.444 e. The highest BCUT2D eigenvalue weighted by molar-refractivity contribution is 5.96. The maximum Gasteiger partial charge on any atom is 0.410 e. The number of nitrogens with one attached hydrogen (secondary N) is 1. The molecule has 8 heteroatoms. The predicted molar refractivity (Wildman–Crippen MR) is 87.7 cm³/mol. The fraction of sp³-hybridized carbons (Fsp3) is 0.529. The van der Waals surface area contributed by atoms with Gasteiger partial charge in [0.1, 0.15) is 17.4 Å². The molecule has 0 radical (unpaired) electrons. The quantitative estimate of drug-likeness (QED) is 0.895. The zero-order valence-corrected chi connectivity index (χ0v) is 14.4. The van der Waals surface area contributed by atoms with E-state index in [0.29, 0.717) is 25.1 Å². The molecule has 1 unspecified atom stereocenters. The van der Waals surface area contributed by atoms with Crippen molar-refractivity contribution in [3.8, 4) is 5.75 Å². The summed E-state index contributed by atoms with van der Waals surface area (Å²) in [4.78, 5) is 26.1. The zero-order chi connectivity index (χ0) is 18.6. The van der Waals surface area contributed by atoms with E-state index in [9.17, 15) is 18.4 Å². The smallest absolute Gasteiger partial charge is 0.410 e. The van der Waals surface area contributed by atoms with E-state index in [0.717, 1.165) is 0 Å². The summed E-state index contributed by atoms with van der Waals surface area (Å²) < 4.78 is 33.8. The maximum absolute atomic E-state index is 12.4. The molecule has 6 nitrogen and oxygen atoms in total. The molecule has 0 spiro atoms. The number of rotatable bonds is 4. The number of carbonyl (C=O) groups is 2. The van der Waals surface area contributed by atoms with Crippen molar-refractivity contribution in [3.05, 3.63) is 24.3 Å². The third-order valence-electron chi connectivity index (χ3n) is 3.53. The number of hydrogen-bond acceptors (Lipinski definition) is 4. The number of carbonyl (C=O) groups excluding carboxylic acids is 2. The van der Waals surface area contributed by atoms with Crippen LogP contribution in [0.2, 0.25) is 0 Å². The van der Waals surface area contributed by atoms with Gasteiger partial charge in [-0.05, 0) is 57.9 Å². The van der Waals surface area contributed by atoms with E-state index in [1.807, 2.05) is 0 Å². The number of ether oxygens (including phenoxy) is 2. The Morgan fingerprint density at radius 2 is 1.88 bits per heavy atom. The number of nitrogens with zero attached hydrogens (tertiary/aromatic N) is 1. The van der Waals surface area contributed by atoms with Crippen molar-refractivity contribution in [1.29, 1.82) is 0 Å². The molecule has 1 heterocycles. The zero-order valence-electron chi connectivity index (χ0n) is 14.4. The molecule has 1 aliphatic heterocycles. The first-order valence-electron chi connectivity index (χ1n) is 8.01. The number of amides is 2. The molecular weight excluding hydrogens is 334 g/mol. The topological polar surface area (TPSA) is 67.9 Å². The number of alkyl halides is 2. The van der Waals surface area contributed by atoms with Gasteiger partial charge < -0.3 is 14.8 Å². The summed E-state index contributed by atoms with van der Waals surface area (Å²) in [7, 11) is 0. The van der Waals surface area contributed by atoms with Gasteiger partial charge in [-0.1, -0.05) is 0 Å². The lowest BCUT2D eigenvalue weighted by atomic mass is 10.2. The van der Waals surface area contributed by atoms with Gasteiger partial charge in [0.05, 0.1) is 0 Å². The van der Waals surface area contributed by atoms with Crippen LogP contribution in [0.25, 0.3) is 0 Å². The summed E-state index contributed by atoms with van der Waals surface area (Å²) in [5.74, 6) is -0.338. The lowest BCUT2D eigenvalue weighted by Gasteiger charge is -2.28. The van der Waals surface area contributed by atoms with Crippen LogP contribution in [0.4, 0.5) is 19.3 Å². The second kappa shape index (κ2) is 7.67. The van der Waals surface area contributed by atoms with E-state index in [4.69, 9.17) is 4.74 Å². The molecule has 1 atom stereocenters. The van der Waals surface area contributed by atoms with Crippen molar-refractivity contribution in [2.45, 2.75) is 51.9 Å². The molecule has 0 aromatic heterocycles. The standard InChI is InChI=1S/C17H22F2N2O4/c1-17(2,3)25-16(23)21-10-4-5-13(21)14(22)20-11-6-8-12(9-7-11)24-15(18)19/h6-9,13,15H,4-5,10H2,1-3H3,(H,20,22). The molecule has 1 aromatic carbocycles. The molecule has 1 aromatic rings. The molecule has 138 valence electrons. The van der Waals surface area contributed by atoms with Crippen molar-refractivity contribution in [2.75, 3.05) is 11.9 Å². The molecule has 2 amide bonds. The highest BCUT2D eigenvalue weighted by Crippen LogP contribution is 2.23. The molecule has 2 rings (SSSR count). The van der Waals surface area contributed by atoms with Crippen molar-refractivity contribution in [1.82, 2.24) is 4.90 Å². The van der Waals surface area contributed by atoms with Gasteiger partial charge in [-0.25, -0.2) is 4.79 Å². The summed E-state index contributed by atoms with van der Waals surface area (Å²) in [6, 6.07) is 4.97. The van der Waals surface area contributed by atoms with Gasteiger partial charge in [0, 0.05) is 12.2 Å². The Bertz CT molecular complexity index is 614. The van der Waals surface area contributed by atoms with Crippen LogP contribution < -0.4 is 10.1 Å². The summed E-state index contributed by atoms with van der Waals surface area (Å²) in [5, 5.41) is 2.68. The predicted octanol–water partition coefficient (Wildman–Crippen LogP) is 3.63. The minimum atomic E-state index is -2.90. The van der Waals surface area contributed by atoms with E-state index < -0.39 is 24.3 Å². The van der Waals surface area contributed by atoms with Crippen LogP contribution in [0.3, 0.4) is 0 Å². The molecular formula is C17H22F2N2O4. The van der Waals surface area contributed by atoms with Gasteiger partial charge in [0.25, 0.3) is 0 Å². The van der Waals surface area contributed by atoms with Crippen molar-refractivity contribution < 1.29 is 27.8 Å². The Labute approximate surface area is 145 Å². The van der Waals surface area contributed by atoms with E-state index in [1.54, 1.807) is 20.8 Å². The van der Waals surface area contributed by atoms with Gasteiger partial charge in [0.2, 0.25) is 5.91 Å². The molecule has 25 heavy (non-hydrogen) atoms. The van der Waals surface area contributed by atoms with Gasteiger partial charge in [-0.2, -0.15) is 8.78 Å². The number of benzene rings is 1. The number of likely N-dealkylation sites (tertiary alicyclic amines) is 1.